The fourth-order valence-corrected chi connectivity index (χ4v) is 3.71. The summed E-state index contributed by atoms with van der Waals surface area (Å²) >= 11 is 0. The van der Waals surface area contributed by atoms with E-state index < -0.39 is 5.97 Å². The van der Waals surface area contributed by atoms with Gasteiger partial charge in [-0.25, -0.2) is 4.79 Å². The van der Waals surface area contributed by atoms with Gasteiger partial charge in [-0.2, -0.15) is 0 Å². The normalized spacial score (nSPS) is 21.2. The number of ether oxygens (including phenoxy) is 1. The first kappa shape index (κ1) is 16.6. The molecule has 0 aliphatic carbocycles. The fraction of sp³-hybridized carbons (Fsp3) is 0.556. The van der Waals surface area contributed by atoms with E-state index in [4.69, 9.17) is 9.15 Å². The maximum atomic E-state index is 12.8. The van der Waals surface area contributed by atoms with E-state index in [1.54, 1.807) is 10.6 Å². The zero-order valence-electron chi connectivity index (χ0n) is 14.7. The van der Waals surface area contributed by atoms with Crippen LogP contribution >= 0.6 is 0 Å². The van der Waals surface area contributed by atoms with Gasteiger partial charge in [0.15, 0.2) is 5.58 Å². The predicted molar refractivity (Wildman–Crippen MR) is 89.8 cm³/mol. The van der Waals surface area contributed by atoms with Gasteiger partial charge in [0.2, 0.25) is 5.91 Å². The Morgan fingerprint density at radius 1 is 1.25 bits per heavy atom. The van der Waals surface area contributed by atoms with Crippen molar-refractivity contribution in [1.29, 1.82) is 0 Å². The molecule has 130 valence electrons. The molecule has 0 saturated carbocycles. The number of esters is 1. The molecule has 0 N–H and O–H groups in total. The monoisotopic (exact) mass is 332 g/mol. The Bertz CT molecular complexity index is 763. The van der Waals surface area contributed by atoms with Crippen LogP contribution in [0.25, 0.3) is 11.1 Å². The number of furan rings is 1. The average Bonchev–Trinajstić information content (AvgIpc) is 3.03. The fourth-order valence-electron chi connectivity index (χ4n) is 3.71. The quantitative estimate of drug-likeness (QED) is 0.811. The number of carbonyl (C=O) groups is 2. The third-order valence-corrected chi connectivity index (χ3v) is 4.62. The van der Waals surface area contributed by atoms with E-state index in [-0.39, 0.29) is 12.5 Å². The first-order chi connectivity index (χ1) is 11.4. The molecule has 1 saturated heterocycles. The van der Waals surface area contributed by atoms with Crippen LogP contribution in [-0.4, -0.2) is 41.5 Å². The summed E-state index contributed by atoms with van der Waals surface area (Å²) in [4.78, 5) is 26.7. The number of piperidine rings is 1. The summed E-state index contributed by atoms with van der Waals surface area (Å²) in [5.41, 5.74) is 1.69. The summed E-state index contributed by atoms with van der Waals surface area (Å²) in [5.74, 6) is 1.30. The van der Waals surface area contributed by atoms with Crippen LogP contribution in [0.15, 0.2) is 16.5 Å². The summed E-state index contributed by atoms with van der Waals surface area (Å²) in [6, 6.07) is 3.49. The Hall–Kier alpha value is -2.24. The van der Waals surface area contributed by atoms with Gasteiger partial charge in [-0.05, 0) is 25.2 Å². The minimum atomic E-state index is -0.466. The molecule has 0 unspecified atom stereocenters. The second kappa shape index (κ2) is 6.34. The number of likely N-dealkylation sites (tertiary alicyclic amines) is 1. The van der Waals surface area contributed by atoms with E-state index >= 15 is 0 Å². The maximum Gasteiger partial charge on any atom is 0.354 e. The van der Waals surface area contributed by atoms with E-state index in [1.165, 1.54) is 7.11 Å². The van der Waals surface area contributed by atoms with Crippen molar-refractivity contribution >= 4 is 23.0 Å². The molecular weight excluding hydrogens is 308 g/mol. The van der Waals surface area contributed by atoms with Gasteiger partial charge in [0.1, 0.15) is 18.0 Å². The molecule has 2 aromatic heterocycles. The molecule has 6 heteroatoms. The maximum absolute atomic E-state index is 12.8. The molecule has 1 aliphatic heterocycles. The molecule has 2 aromatic rings. The molecule has 0 radical (unpaired) electrons. The lowest BCUT2D eigenvalue weighted by Gasteiger charge is -2.35. The van der Waals surface area contributed by atoms with Crippen LogP contribution in [-0.2, 0) is 16.1 Å². The number of fused-ring (bicyclic) bond motifs is 1. The van der Waals surface area contributed by atoms with Crippen molar-refractivity contribution in [2.45, 2.75) is 33.7 Å². The third-order valence-electron chi connectivity index (χ3n) is 4.62. The molecule has 3 rings (SSSR count). The number of nitrogens with zero attached hydrogens (tertiary/aromatic N) is 2. The van der Waals surface area contributed by atoms with Gasteiger partial charge >= 0.3 is 5.97 Å². The number of rotatable bonds is 3. The molecule has 0 aromatic carbocycles. The first-order valence-corrected chi connectivity index (χ1v) is 8.34. The number of aryl methyl sites for hydroxylation is 1. The smallest absolute Gasteiger partial charge is 0.354 e. The van der Waals surface area contributed by atoms with Crippen LogP contribution in [0.5, 0.6) is 0 Å². The van der Waals surface area contributed by atoms with Gasteiger partial charge in [-0.3, -0.25) is 4.79 Å². The van der Waals surface area contributed by atoms with Crippen molar-refractivity contribution in [2.24, 2.45) is 11.8 Å². The number of aromatic nitrogens is 1. The summed E-state index contributed by atoms with van der Waals surface area (Å²) in [6.07, 6.45) is 1.14. The molecule has 0 spiro atoms. The number of hydrogen-bond acceptors (Lipinski definition) is 4. The van der Waals surface area contributed by atoms with Crippen molar-refractivity contribution in [3.63, 3.8) is 0 Å². The van der Waals surface area contributed by atoms with Crippen molar-refractivity contribution in [3.05, 3.63) is 23.6 Å². The van der Waals surface area contributed by atoms with Gasteiger partial charge in [0.05, 0.1) is 12.6 Å². The predicted octanol–water partition coefficient (Wildman–Crippen LogP) is 2.83. The van der Waals surface area contributed by atoms with Gasteiger partial charge < -0.3 is 18.6 Å². The van der Waals surface area contributed by atoms with Crippen LogP contribution in [0.4, 0.5) is 0 Å². The van der Waals surface area contributed by atoms with Gasteiger partial charge in [0.25, 0.3) is 0 Å². The van der Waals surface area contributed by atoms with E-state index in [1.807, 2.05) is 17.9 Å². The lowest BCUT2D eigenvalue weighted by atomic mass is 9.92. The highest BCUT2D eigenvalue weighted by atomic mass is 16.5. The lowest BCUT2D eigenvalue weighted by molar-refractivity contribution is -0.134. The molecular formula is C18H24N2O4. The Morgan fingerprint density at radius 3 is 2.54 bits per heavy atom. The third kappa shape index (κ3) is 3.05. The van der Waals surface area contributed by atoms with Gasteiger partial charge in [0, 0.05) is 25.2 Å². The Balaban J connectivity index is 1.90. The molecule has 6 nitrogen and oxygen atoms in total. The number of carbonyl (C=O) groups excluding carboxylic acids is 2. The Kier molecular flexibility index (Phi) is 4.39. The lowest BCUT2D eigenvalue weighted by Crippen LogP contribution is -2.44. The van der Waals surface area contributed by atoms with Crippen molar-refractivity contribution in [3.8, 4) is 0 Å². The van der Waals surface area contributed by atoms with Crippen LogP contribution in [0.3, 0.4) is 0 Å². The highest BCUT2D eigenvalue weighted by Gasteiger charge is 2.27. The second-order valence-electron chi connectivity index (χ2n) is 6.96. The first-order valence-electron chi connectivity index (χ1n) is 8.34. The Labute approximate surface area is 141 Å². The average molecular weight is 332 g/mol. The summed E-state index contributed by atoms with van der Waals surface area (Å²) < 4.78 is 12.1. The largest absolute Gasteiger partial charge is 0.464 e. The molecule has 0 bridgehead atoms. The number of amides is 1. The minimum Gasteiger partial charge on any atom is -0.464 e. The van der Waals surface area contributed by atoms with Crippen LogP contribution in [0, 0.1) is 18.8 Å². The summed E-state index contributed by atoms with van der Waals surface area (Å²) in [7, 11) is 1.34. The van der Waals surface area contributed by atoms with Crippen molar-refractivity contribution in [2.75, 3.05) is 20.2 Å². The van der Waals surface area contributed by atoms with Crippen LogP contribution in [0.1, 0.15) is 36.5 Å². The zero-order chi connectivity index (χ0) is 17.4. The topological polar surface area (TPSA) is 64.7 Å². The van der Waals surface area contributed by atoms with E-state index in [0.29, 0.717) is 23.1 Å². The molecule has 1 aliphatic rings. The van der Waals surface area contributed by atoms with E-state index in [0.717, 1.165) is 30.8 Å². The van der Waals surface area contributed by atoms with E-state index in [2.05, 4.69) is 13.8 Å². The molecule has 24 heavy (non-hydrogen) atoms. The molecule has 2 atom stereocenters. The van der Waals surface area contributed by atoms with Crippen LogP contribution in [0.2, 0.25) is 0 Å². The Morgan fingerprint density at radius 2 is 1.92 bits per heavy atom. The van der Waals surface area contributed by atoms with Crippen molar-refractivity contribution < 1.29 is 18.7 Å². The van der Waals surface area contributed by atoms with Gasteiger partial charge in [-0.1, -0.05) is 13.8 Å². The van der Waals surface area contributed by atoms with E-state index in [9.17, 15) is 9.59 Å². The number of hydrogen-bond donors (Lipinski definition) is 0. The number of methoxy groups -OCH3 is 1. The van der Waals surface area contributed by atoms with Gasteiger partial charge in [-0.15, -0.1) is 0 Å². The standard InChI is InChI=1S/C18H24N2O4/c1-11-5-12(2)9-19(8-11)17(21)10-20-14-6-13(3)24-16(14)7-15(20)18(22)23-4/h6-7,11-12H,5,8-10H2,1-4H3/t11-,12+. The minimum absolute atomic E-state index is 0.0231. The SMILES string of the molecule is COC(=O)c1cc2oc(C)cc2n1CC(=O)N1C[C@H](C)C[C@H](C)C1. The van der Waals surface area contributed by atoms with Crippen molar-refractivity contribution in [1.82, 2.24) is 9.47 Å². The van der Waals surface area contributed by atoms with Crippen LogP contribution < -0.4 is 0 Å². The highest BCUT2D eigenvalue weighted by Crippen LogP contribution is 2.26. The molecule has 3 heterocycles. The zero-order valence-corrected chi connectivity index (χ0v) is 14.7. The summed E-state index contributed by atoms with van der Waals surface area (Å²) in [5, 5.41) is 0. The summed E-state index contributed by atoms with van der Waals surface area (Å²) in [6.45, 7) is 7.84. The highest BCUT2D eigenvalue weighted by molar-refractivity contribution is 5.95. The molecule has 1 fully saturated rings. The molecule has 1 amide bonds. The second-order valence-corrected chi connectivity index (χ2v) is 6.96.